The first kappa shape index (κ1) is 12.3. The van der Waals surface area contributed by atoms with E-state index >= 15 is 0 Å². The number of hydrogen-bond acceptors (Lipinski definition) is 4. The number of nitrogens with one attached hydrogen (secondary N) is 1. The van der Waals surface area contributed by atoms with E-state index < -0.39 is 11.7 Å². The summed E-state index contributed by atoms with van der Waals surface area (Å²) in [6.07, 6.45) is 0. The number of fused-ring (bicyclic) bond motifs is 1. The van der Waals surface area contributed by atoms with Gasteiger partial charge in [-0.1, -0.05) is 0 Å². The van der Waals surface area contributed by atoms with Gasteiger partial charge in [0.05, 0.1) is 5.56 Å². The van der Waals surface area contributed by atoms with Crippen LogP contribution in [0.2, 0.25) is 0 Å². The van der Waals surface area contributed by atoms with Crippen LogP contribution in [0.15, 0.2) is 36.4 Å². The molecule has 1 heterocycles. The second-order valence-electron chi connectivity index (χ2n) is 4.26. The van der Waals surface area contributed by atoms with Crippen molar-refractivity contribution in [2.24, 2.45) is 0 Å². The highest BCUT2D eigenvalue weighted by molar-refractivity contribution is 6.04. The Bertz CT molecular complexity index is 688. The van der Waals surface area contributed by atoms with Crippen molar-refractivity contribution in [2.75, 3.05) is 17.8 Å². The standard InChI is InChI=1S/C14H11FN2O3/c15-11-5-8(16)1-3-10(11)14(18)17-9-2-4-12-13(6-9)20-7-19-12/h1-6H,7,16H2,(H,17,18). The quantitative estimate of drug-likeness (QED) is 0.825. The summed E-state index contributed by atoms with van der Waals surface area (Å²) in [5.74, 6) is -0.0631. The zero-order chi connectivity index (χ0) is 14.1. The number of nitrogen functional groups attached to an aromatic ring is 1. The summed E-state index contributed by atoms with van der Waals surface area (Å²) in [4.78, 5) is 12.0. The number of carbonyl (C=O) groups is 1. The lowest BCUT2D eigenvalue weighted by Gasteiger charge is -2.07. The smallest absolute Gasteiger partial charge is 0.258 e. The van der Waals surface area contributed by atoms with Crippen molar-refractivity contribution in [2.45, 2.75) is 0 Å². The van der Waals surface area contributed by atoms with Gasteiger partial charge in [0.25, 0.3) is 5.91 Å². The average molecular weight is 274 g/mol. The third-order valence-corrected chi connectivity index (χ3v) is 2.87. The third-order valence-electron chi connectivity index (χ3n) is 2.87. The lowest BCUT2D eigenvalue weighted by Crippen LogP contribution is -2.13. The lowest BCUT2D eigenvalue weighted by molar-refractivity contribution is 0.102. The largest absolute Gasteiger partial charge is 0.454 e. The summed E-state index contributed by atoms with van der Waals surface area (Å²) < 4.78 is 24.0. The van der Waals surface area contributed by atoms with Gasteiger partial charge in [0.15, 0.2) is 11.5 Å². The molecule has 1 aliphatic heterocycles. The number of ether oxygens (including phenoxy) is 2. The molecule has 0 bridgehead atoms. The molecule has 20 heavy (non-hydrogen) atoms. The maximum absolute atomic E-state index is 13.6. The highest BCUT2D eigenvalue weighted by atomic mass is 19.1. The topological polar surface area (TPSA) is 73.6 Å². The molecule has 0 aromatic heterocycles. The van der Waals surface area contributed by atoms with Crippen molar-refractivity contribution in [3.8, 4) is 11.5 Å². The summed E-state index contributed by atoms with van der Waals surface area (Å²) >= 11 is 0. The van der Waals surface area contributed by atoms with Crippen molar-refractivity contribution in [1.29, 1.82) is 0 Å². The highest BCUT2D eigenvalue weighted by Crippen LogP contribution is 2.34. The number of rotatable bonds is 2. The average Bonchev–Trinajstić information content (AvgIpc) is 2.85. The van der Waals surface area contributed by atoms with Gasteiger partial charge < -0.3 is 20.5 Å². The van der Waals surface area contributed by atoms with E-state index in [2.05, 4.69) is 5.32 Å². The van der Waals surface area contributed by atoms with Crippen molar-refractivity contribution in [3.63, 3.8) is 0 Å². The van der Waals surface area contributed by atoms with E-state index in [-0.39, 0.29) is 18.0 Å². The Kier molecular flexibility index (Phi) is 2.90. The molecule has 2 aromatic rings. The summed E-state index contributed by atoms with van der Waals surface area (Å²) in [5.41, 5.74) is 6.13. The van der Waals surface area contributed by atoms with Gasteiger partial charge in [-0.15, -0.1) is 0 Å². The first-order valence-electron chi connectivity index (χ1n) is 5.89. The zero-order valence-electron chi connectivity index (χ0n) is 10.4. The Balaban J connectivity index is 1.82. The van der Waals surface area contributed by atoms with Crippen LogP contribution in [0.25, 0.3) is 0 Å². The van der Waals surface area contributed by atoms with Crippen molar-refractivity contribution in [3.05, 3.63) is 47.8 Å². The van der Waals surface area contributed by atoms with Gasteiger partial charge in [0.2, 0.25) is 6.79 Å². The molecule has 3 N–H and O–H groups in total. The Morgan fingerprint density at radius 2 is 1.95 bits per heavy atom. The predicted octanol–water partition coefficient (Wildman–Crippen LogP) is 2.39. The fraction of sp³-hybridized carbons (Fsp3) is 0.0714. The minimum absolute atomic E-state index is 0.0723. The van der Waals surface area contributed by atoms with Gasteiger partial charge in [0.1, 0.15) is 5.82 Å². The Labute approximate surface area is 114 Å². The van der Waals surface area contributed by atoms with E-state index in [0.717, 1.165) is 6.07 Å². The fourth-order valence-electron chi connectivity index (χ4n) is 1.89. The van der Waals surface area contributed by atoms with Gasteiger partial charge in [-0.3, -0.25) is 4.79 Å². The highest BCUT2D eigenvalue weighted by Gasteiger charge is 2.16. The third kappa shape index (κ3) is 2.23. The molecule has 0 saturated heterocycles. The Morgan fingerprint density at radius 1 is 1.15 bits per heavy atom. The second kappa shape index (κ2) is 4.73. The zero-order valence-corrected chi connectivity index (χ0v) is 10.4. The molecule has 3 rings (SSSR count). The molecule has 0 aliphatic carbocycles. The lowest BCUT2D eigenvalue weighted by atomic mass is 10.1. The molecule has 0 unspecified atom stereocenters. The number of carbonyl (C=O) groups excluding carboxylic acids is 1. The number of hydrogen-bond donors (Lipinski definition) is 2. The molecule has 5 nitrogen and oxygen atoms in total. The van der Waals surface area contributed by atoms with Crippen LogP contribution >= 0.6 is 0 Å². The van der Waals surface area contributed by atoms with Crippen LogP contribution in [-0.4, -0.2) is 12.7 Å². The molecule has 0 atom stereocenters. The van der Waals surface area contributed by atoms with Crippen molar-refractivity contribution >= 4 is 17.3 Å². The van der Waals surface area contributed by atoms with E-state index in [9.17, 15) is 9.18 Å². The van der Waals surface area contributed by atoms with Crippen LogP contribution in [0.1, 0.15) is 10.4 Å². The van der Waals surface area contributed by atoms with E-state index in [1.165, 1.54) is 12.1 Å². The van der Waals surface area contributed by atoms with Gasteiger partial charge in [-0.25, -0.2) is 4.39 Å². The molecule has 1 amide bonds. The predicted molar refractivity (Wildman–Crippen MR) is 71.3 cm³/mol. The summed E-state index contributed by atoms with van der Waals surface area (Å²) in [7, 11) is 0. The molecule has 0 fully saturated rings. The van der Waals surface area contributed by atoms with Crippen molar-refractivity contribution in [1.82, 2.24) is 0 Å². The minimum Gasteiger partial charge on any atom is -0.454 e. The molecule has 1 aliphatic rings. The summed E-state index contributed by atoms with van der Waals surface area (Å²) in [6, 6.07) is 8.87. The van der Waals surface area contributed by atoms with Crippen LogP contribution in [-0.2, 0) is 0 Å². The van der Waals surface area contributed by atoms with Gasteiger partial charge in [-0.05, 0) is 30.3 Å². The van der Waals surface area contributed by atoms with Crippen LogP contribution in [0.3, 0.4) is 0 Å². The SMILES string of the molecule is Nc1ccc(C(=O)Nc2ccc3c(c2)OCO3)c(F)c1. The van der Waals surface area contributed by atoms with Crippen LogP contribution < -0.4 is 20.5 Å². The second-order valence-corrected chi connectivity index (χ2v) is 4.26. The summed E-state index contributed by atoms with van der Waals surface area (Å²) in [5, 5.41) is 2.59. The monoisotopic (exact) mass is 274 g/mol. The molecule has 0 spiro atoms. The Hall–Kier alpha value is -2.76. The summed E-state index contributed by atoms with van der Waals surface area (Å²) in [6.45, 7) is 0.152. The molecule has 0 radical (unpaired) electrons. The minimum atomic E-state index is -0.664. The van der Waals surface area contributed by atoms with Gasteiger partial charge in [-0.2, -0.15) is 0 Å². The first-order chi connectivity index (χ1) is 9.63. The van der Waals surface area contributed by atoms with Crippen molar-refractivity contribution < 1.29 is 18.7 Å². The van der Waals surface area contributed by atoms with E-state index in [1.54, 1.807) is 18.2 Å². The fourth-order valence-corrected chi connectivity index (χ4v) is 1.89. The molecule has 6 heteroatoms. The van der Waals surface area contributed by atoms with E-state index in [4.69, 9.17) is 15.2 Å². The maximum atomic E-state index is 13.6. The Morgan fingerprint density at radius 3 is 2.75 bits per heavy atom. The van der Waals surface area contributed by atoms with Gasteiger partial charge >= 0.3 is 0 Å². The molecule has 102 valence electrons. The maximum Gasteiger partial charge on any atom is 0.258 e. The normalized spacial score (nSPS) is 12.2. The number of halogens is 1. The van der Waals surface area contributed by atoms with Crippen LogP contribution in [0.4, 0.5) is 15.8 Å². The first-order valence-corrected chi connectivity index (χ1v) is 5.89. The van der Waals surface area contributed by atoms with Crippen LogP contribution in [0, 0.1) is 5.82 Å². The number of nitrogens with two attached hydrogens (primary N) is 1. The molecule has 0 saturated carbocycles. The number of anilines is 2. The van der Waals surface area contributed by atoms with E-state index in [0.29, 0.717) is 17.2 Å². The molecular formula is C14H11FN2O3. The number of amides is 1. The van der Waals surface area contributed by atoms with Gasteiger partial charge in [0, 0.05) is 17.4 Å². The molecule has 2 aromatic carbocycles. The number of benzene rings is 2. The molecular weight excluding hydrogens is 263 g/mol. The van der Waals surface area contributed by atoms with Crippen LogP contribution in [0.5, 0.6) is 11.5 Å². The van der Waals surface area contributed by atoms with E-state index in [1.807, 2.05) is 0 Å².